The second kappa shape index (κ2) is 8.60. The number of carbonyl (C=O) groups is 2. The van der Waals surface area contributed by atoms with E-state index in [2.05, 4.69) is 0 Å². The number of benzene rings is 1. The number of hydrogen-bond acceptors (Lipinski definition) is 4. The van der Waals surface area contributed by atoms with Gasteiger partial charge in [0.2, 0.25) is 11.8 Å². The van der Waals surface area contributed by atoms with Crippen molar-refractivity contribution >= 4 is 11.8 Å². The lowest BCUT2D eigenvalue weighted by Crippen LogP contribution is -2.53. The second-order valence-electron chi connectivity index (χ2n) is 10.7. The van der Waals surface area contributed by atoms with Crippen molar-refractivity contribution in [2.45, 2.75) is 51.4 Å². The molecule has 0 N–H and O–H groups in total. The van der Waals surface area contributed by atoms with Gasteiger partial charge >= 0.3 is 0 Å². The molecule has 1 aromatic rings. The average Bonchev–Trinajstić information content (AvgIpc) is 2.77. The number of methoxy groups -OCH3 is 2. The van der Waals surface area contributed by atoms with E-state index in [9.17, 15) is 9.59 Å². The molecule has 4 bridgehead atoms. The van der Waals surface area contributed by atoms with E-state index in [1.54, 1.807) is 14.2 Å². The maximum absolute atomic E-state index is 13.2. The first-order valence-corrected chi connectivity index (χ1v) is 12.2. The number of piperazine rings is 1. The predicted octanol–water partition coefficient (Wildman–Crippen LogP) is 3.52. The molecule has 0 spiro atoms. The highest BCUT2D eigenvalue weighted by atomic mass is 16.5. The quantitative estimate of drug-likeness (QED) is 0.679. The summed E-state index contributed by atoms with van der Waals surface area (Å²) >= 11 is 0. The Morgan fingerprint density at radius 2 is 1.38 bits per heavy atom. The molecule has 4 aliphatic carbocycles. The highest BCUT2D eigenvalue weighted by Gasteiger charge is 2.51. The van der Waals surface area contributed by atoms with Gasteiger partial charge in [-0.25, -0.2) is 0 Å². The van der Waals surface area contributed by atoms with Crippen molar-refractivity contribution in [2.75, 3.05) is 40.4 Å². The maximum atomic E-state index is 13.2. The summed E-state index contributed by atoms with van der Waals surface area (Å²) in [4.78, 5) is 29.9. The van der Waals surface area contributed by atoms with Gasteiger partial charge in [-0.15, -0.1) is 0 Å². The van der Waals surface area contributed by atoms with E-state index in [0.29, 0.717) is 50.0 Å². The average molecular weight is 441 g/mol. The van der Waals surface area contributed by atoms with Crippen LogP contribution < -0.4 is 9.47 Å². The summed E-state index contributed by atoms with van der Waals surface area (Å²) in [6.07, 6.45) is 9.12. The summed E-state index contributed by atoms with van der Waals surface area (Å²) in [6.45, 7) is 2.56. The molecule has 1 aromatic carbocycles. The molecule has 5 aliphatic rings. The molecule has 6 heteroatoms. The van der Waals surface area contributed by atoms with Crippen LogP contribution in [0.3, 0.4) is 0 Å². The molecule has 1 saturated heterocycles. The largest absolute Gasteiger partial charge is 0.493 e. The van der Waals surface area contributed by atoms with Gasteiger partial charge in [-0.05, 0) is 79.4 Å². The molecule has 32 heavy (non-hydrogen) atoms. The SMILES string of the molecule is COc1ccc(CC(=O)N2CCN(C(=O)CC34CC5CC(CC(C5)C3)C4)CC2)cc1OC. The Hall–Kier alpha value is -2.24. The van der Waals surface area contributed by atoms with Crippen molar-refractivity contribution in [1.82, 2.24) is 9.80 Å². The molecule has 174 valence electrons. The summed E-state index contributed by atoms with van der Waals surface area (Å²) in [7, 11) is 3.20. The first-order chi connectivity index (χ1) is 15.5. The van der Waals surface area contributed by atoms with Gasteiger partial charge in [-0.2, -0.15) is 0 Å². The standard InChI is InChI=1S/C26H36N2O4/c1-31-22-4-3-18(12-23(22)32-2)13-24(29)27-5-7-28(8-6-27)25(30)17-26-14-19-9-20(15-26)11-21(10-19)16-26/h3-4,12,19-21H,5-11,13-17H2,1-2H3. The van der Waals surface area contributed by atoms with Crippen LogP contribution in [-0.2, 0) is 16.0 Å². The number of rotatable bonds is 6. The third-order valence-electron chi connectivity index (χ3n) is 8.48. The monoisotopic (exact) mass is 440 g/mol. The highest BCUT2D eigenvalue weighted by Crippen LogP contribution is 2.61. The Labute approximate surface area is 191 Å². The summed E-state index contributed by atoms with van der Waals surface area (Å²) in [5.41, 5.74) is 1.19. The summed E-state index contributed by atoms with van der Waals surface area (Å²) in [5, 5.41) is 0. The van der Waals surface area contributed by atoms with E-state index >= 15 is 0 Å². The van der Waals surface area contributed by atoms with Gasteiger partial charge in [0.1, 0.15) is 0 Å². The molecule has 6 nitrogen and oxygen atoms in total. The lowest BCUT2D eigenvalue weighted by atomic mass is 9.49. The molecule has 4 saturated carbocycles. The molecule has 0 atom stereocenters. The first-order valence-electron chi connectivity index (χ1n) is 12.2. The molecule has 5 fully saturated rings. The lowest BCUT2D eigenvalue weighted by molar-refractivity contribution is -0.144. The first kappa shape index (κ1) is 21.6. The van der Waals surface area contributed by atoms with Crippen LogP contribution in [0.4, 0.5) is 0 Å². The van der Waals surface area contributed by atoms with Crippen molar-refractivity contribution < 1.29 is 19.1 Å². The number of ether oxygens (including phenoxy) is 2. The number of amides is 2. The van der Waals surface area contributed by atoms with Gasteiger partial charge in [0, 0.05) is 32.6 Å². The zero-order chi connectivity index (χ0) is 22.3. The minimum Gasteiger partial charge on any atom is -0.493 e. The Balaban J connectivity index is 1.13. The Morgan fingerprint density at radius 1 is 0.844 bits per heavy atom. The molecule has 0 unspecified atom stereocenters. The molecule has 1 heterocycles. The van der Waals surface area contributed by atoms with Gasteiger partial charge in [0.25, 0.3) is 0 Å². The Bertz CT molecular complexity index is 839. The maximum Gasteiger partial charge on any atom is 0.227 e. The van der Waals surface area contributed by atoms with E-state index in [4.69, 9.17) is 9.47 Å². The van der Waals surface area contributed by atoms with Gasteiger partial charge in [0.05, 0.1) is 20.6 Å². The van der Waals surface area contributed by atoms with Gasteiger partial charge in [-0.3, -0.25) is 9.59 Å². The third kappa shape index (κ3) is 4.20. The fraction of sp³-hybridized carbons (Fsp3) is 0.692. The second-order valence-corrected chi connectivity index (χ2v) is 10.7. The zero-order valence-electron chi connectivity index (χ0n) is 19.5. The predicted molar refractivity (Wildman–Crippen MR) is 122 cm³/mol. The number of hydrogen-bond donors (Lipinski definition) is 0. The third-order valence-corrected chi connectivity index (χ3v) is 8.48. The van der Waals surface area contributed by atoms with Gasteiger partial charge in [0.15, 0.2) is 11.5 Å². The van der Waals surface area contributed by atoms with Crippen LogP contribution in [0.25, 0.3) is 0 Å². The van der Waals surface area contributed by atoms with Crippen LogP contribution in [0.2, 0.25) is 0 Å². The molecule has 0 radical (unpaired) electrons. The number of nitrogens with zero attached hydrogens (tertiary/aromatic N) is 2. The van der Waals surface area contributed by atoms with E-state index in [0.717, 1.165) is 29.7 Å². The molecule has 1 aliphatic heterocycles. The van der Waals surface area contributed by atoms with Crippen LogP contribution in [0.1, 0.15) is 50.5 Å². The number of carbonyl (C=O) groups excluding carboxylic acids is 2. The van der Waals surface area contributed by atoms with Crippen LogP contribution in [0.5, 0.6) is 11.5 Å². The molecular formula is C26H36N2O4. The van der Waals surface area contributed by atoms with Crippen LogP contribution in [0, 0.1) is 23.2 Å². The smallest absolute Gasteiger partial charge is 0.227 e. The van der Waals surface area contributed by atoms with Gasteiger partial charge in [-0.1, -0.05) is 6.07 Å². The Kier molecular flexibility index (Phi) is 5.81. The fourth-order valence-corrected chi connectivity index (χ4v) is 7.42. The van der Waals surface area contributed by atoms with Crippen molar-refractivity contribution in [2.24, 2.45) is 23.2 Å². The van der Waals surface area contributed by atoms with E-state index in [1.807, 2.05) is 28.0 Å². The topological polar surface area (TPSA) is 59.1 Å². The van der Waals surface area contributed by atoms with Crippen LogP contribution >= 0.6 is 0 Å². The normalized spacial score (nSPS) is 31.0. The summed E-state index contributed by atoms with van der Waals surface area (Å²) < 4.78 is 10.6. The van der Waals surface area contributed by atoms with E-state index in [1.165, 1.54) is 38.5 Å². The molecular weight excluding hydrogens is 404 g/mol. The summed E-state index contributed by atoms with van der Waals surface area (Å²) in [5.74, 6) is 4.34. The van der Waals surface area contributed by atoms with Crippen LogP contribution in [0.15, 0.2) is 18.2 Å². The highest BCUT2D eigenvalue weighted by molar-refractivity contribution is 5.80. The van der Waals surface area contributed by atoms with Crippen molar-refractivity contribution in [3.8, 4) is 11.5 Å². The van der Waals surface area contributed by atoms with Crippen molar-refractivity contribution in [1.29, 1.82) is 0 Å². The van der Waals surface area contributed by atoms with Crippen LogP contribution in [-0.4, -0.2) is 62.0 Å². The molecule has 2 amide bonds. The van der Waals surface area contributed by atoms with E-state index < -0.39 is 0 Å². The Morgan fingerprint density at radius 3 is 1.91 bits per heavy atom. The lowest BCUT2D eigenvalue weighted by Gasteiger charge is -2.57. The van der Waals surface area contributed by atoms with Crippen molar-refractivity contribution in [3.05, 3.63) is 23.8 Å². The minimum absolute atomic E-state index is 0.102. The zero-order valence-corrected chi connectivity index (χ0v) is 19.5. The molecule has 0 aromatic heterocycles. The van der Waals surface area contributed by atoms with Crippen molar-refractivity contribution in [3.63, 3.8) is 0 Å². The molecule has 6 rings (SSSR count). The van der Waals surface area contributed by atoms with E-state index in [-0.39, 0.29) is 11.3 Å². The summed E-state index contributed by atoms with van der Waals surface area (Å²) in [6, 6.07) is 5.61. The van der Waals surface area contributed by atoms with Gasteiger partial charge < -0.3 is 19.3 Å². The minimum atomic E-state index is 0.102. The fourth-order valence-electron chi connectivity index (χ4n) is 7.42.